The van der Waals surface area contributed by atoms with Gasteiger partial charge >= 0.3 is 0 Å². The molecule has 5 rings (SSSR count). The van der Waals surface area contributed by atoms with Crippen LogP contribution >= 0.6 is 0 Å². The van der Waals surface area contributed by atoms with E-state index in [-0.39, 0.29) is 46.6 Å². The molecule has 0 saturated heterocycles. The molecule has 8 nitrogen and oxygen atoms in total. The molecule has 1 aliphatic carbocycles. The minimum Gasteiger partial charge on any atom is -0.439 e. The fourth-order valence-corrected chi connectivity index (χ4v) is 5.35. The van der Waals surface area contributed by atoms with Crippen LogP contribution in [0, 0.1) is 18.6 Å². The van der Waals surface area contributed by atoms with E-state index in [0.717, 1.165) is 25.0 Å². The van der Waals surface area contributed by atoms with Crippen molar-refractivity contribution in [3.05, 3.63) is 57.7 Å². The number of halogens is 2. The number of aromatic nitrogens is 2. The maximum atomic E-state index is 14.7. The van der Waals surface area contributed by atoms with Crippen molar-refractivity contribution in [3.8, 4) is 11.1 Å². The molecule has 0 aliphatic heterocycles. The summed E-state index contributed by atoms with van der Waals surface area (Å²) in [6.45, 7) is 1.68. The Morgan fingerprint density at radius 3 is 2.59 bits per heavy atom. The summed E-state index contributed by atoms with van der Waals surface area (Å²) in [6, 6.07) is 5.15. The maximum Gasteiger partial charge on any atom is 0.281 e. The molecule has 4 aromatic rings. The fourth-order valence-electron chi connectivity index (χ4n) is 4.34. The van der Waals surface area contributed by atoms with Gasteiger partial charge in [0, 0.05) is 29.6 Å². The minimum absolute atomic E-state index is 0.0205. The largest absolute Gasteiger partial charge is 0.439 e. The van der Waals surface area contributed by atoms with Crippen LogP contribution in [0.25, 0.3) is 33.1 Å². The molecule has 0 amide bonds. The second-order valence-electron chi connectivity index (χ2n) is 8.56. The Labute approximate surface area is 193 Å². The normalized spacial score (nSPS) is 14.4. The van der Waals surface area contributed by atoms with Crippen molar-refractivity contribution in [2.75, 3.05) is 18.0 Å². The monoisotopic (exact) mass is 488 g/mol. The van der Waals surface area contributed by atoms with Crippen LogP contribution < -0.4 is 17.0 Å². The van der Waals surface area contributed by atoms with Crippen molar-refractivity contribution in [1.29, 1.82) is 0 Å². The summed E-state index contributed by atoms with van der Waals surface area (Å²) in [5.41, 5.74) is 11.8. The number of nitrogens with zero attached hydrogens (tertiary/aromatic N) is 2. The third-order valence-corrected chi connectivity index (χ3v) is 7.61. The molecule has 0 unspecified atom stereocenters. The Hall–Kier alpha value is -3.31. The standard InChI is InChI=1S/C23H22F2N4O4S/c1-11-13(15-8-17(25)18(27)9-16(15)24)4-5-14-21(11)29(12-2-3-12)23(30)20-22(14)33-19(28-20)10-34(31,32)7-6-26/h4-5,8-9,12H,2-3,6-7,10,26-27H2,1H3. The zero-order valence-electron chi connectivity index (χ0n) is 18.3. The Kier molecular flexibility index (Phi) is 5.21. The lowest BCUT2D eigenvalue weighted by Crippen LogP contribution is -2.21. The summed E-state index contributed by atoms with van der Waals surface area (Å²) in [5.74, 6) is -2.23. The van der Waals surface area contributed by atoms with Gasteiger partial charge in [-0.25, -0.2) is 22.2 Å². The third kappa shape index (κ3) is 3.64. The maximum absolute atomic E-state index is 14.7. The zero-order chi connectivity index (χ0) is 24.4. The molecule has 34 heavy (non-hydrogen) atoms. The summed E-state index contributed by atoms with van der Waals surface area (Å²) in [6.07, 6.45) is 1.56. The first-order chi connectivity index (χ1) is 16.1. The van der Waals surface area contributed by atoms with Crippen molar-refractivity contribution in [3.63, 3.8) is 0 Å². The van der Waals surface area contributed by atoms with E-state index in [1.54, 1.807) is 23.6 Å². The molecule has 178 valence electrons. The van der Waals surface area contributed by atoms with Gasteiger partial charge < -0.3 is 20.5 Å². The van der Waals surface area contributed by atoms with E-state index >= 15 is 0 Å². The van der Waals surface area contributed by atoms with E-state index < -0.39 is 32.8 Å². The van der Waals surface area contributed by atoms with Crippen LogP contribution in [0.2, 0.25) is 0 Å². The highest BCUT2D eigenvalue weighted by Gasteiger charge is 2.31. The zero-order valence-corrected chi connectivity index (χ0v) is 19.1. The van der Waals surface area contributed by atoms with Crippen LogP contribution in [0.1, 0.15) is 30.3 Å². The van der Waals surface area contributed by atoms with Gasteiger partial charge in [-0.1, -0.05) is 6.07 Å². The van der Waals surface area contributed by atoms with Gasteiger partial charge in [0.1, 0.15) is 17.4 Å². The summed E-state index contributed by atoms with van der Waals surface area (Å²) in [4.78, 5) is 17.6. The van der Waals surface area contributed by atoms with Crippen molar-refractivity contribution in [1.82, 2.24) is 9.55 Å². The highest BCUT2D eigenvalue weighted by Crippen LogP contribution is 2.41. The Morgan fingerprint density at radius 1 is 1.18 bits per heavy atom. The van der Waals surface area contributed by atoms with Gasteiger partial charge in [0.2, 0.25) is 5.89 Å². The molecule has 1 saturated carbocycles. The van der Waals surface area contributed by atoms with Gasteiger partial charge in [0.25, 0.3) is 5.56 Å². The fraction of sp³-hybridized carbons (Fsp3) is 0.304. The number of rotatable bonds is 6. The van der Waals surface area contributed by atoms with Gasteiger partial charge in [-0.15, -0.1) is 0 Å². The number of sulfone groups is 1. The van der Waals surface area contributed by atoms with E-state index in [0.29, 0.717) is 22.0 Å². The van der Waals surface area contributed by atoms with Crippen LogP contribution in [0.5, 0.6) is 0 Å². The number of aryl methyl sites for hydroxylation is 1. The van der Waals surface area contributed by atoms with E-state index in [1.807, 2.05) is 0 Å². The molecule has 0 bridgehead atoms. The molecule has 1 fully saturated rings. The third-order valence-electron chi connectivity index (χ3n) is 6.07. The topological polar surface area (TPSA) is 134 Å². The van der Waals surface area contributed by atoms with Crippen molar-refractivity contribution < 1.29 is 21.6 Å². The van der Waals surface area contributed by atoms with E-state index in [1.165, 1.54) is 0 Å². The molecule has 2 aromatic carbocycles. The molecule has 0 spiro atoms. The van der Waals surface area contributed by atoms with Crippen LogP contribution in [0.4, 0.5) is 14.5 Å². The molecular formula is C23H22F2N4O4S. The number of nitrogen functional groups attached to an aromatic ring is 1. The van der Waals surface area contributed by atoms with E-state index in [2.05, 4.69) is 4.98 Å². The lowest BCUT2D eigenvalue weighted by atomic mass is 9.96. The van der Waals surface area contributed by atoms with Crippen molar-refractivity contribution in [2.24, 2.45) is 5.73 Å². The summed E-state index contributed by atoms with van der Waals surface area (Å²) in [5, 5.41) is 0.536. The first-order valence-corrected chi connectivity index (χ1v) is 12.6. The highest BCUT2D eigenvalue weighted by atomic mass is 32.2. The summed E-state index contributed by atoms with van der Waals surface area (Å²) >= 11 is 0. The number of hydrogen-bond donors (Lipinski definition) is 2. The van der Waals surface area contributed by atoms with Gasteiger partial charge in [0.15, 0.2) is 20.9 Å². The quantitative estimate of drug-likeness (QED) is 0.398. The van der Waals surface area contributed by atoms with Crippen LogP contribution in [0.15, 0.2) is 33.5 Å². The van der Waals surface area contributed by atoms with Gasteiger partial charge in [0.05, 0.1) is 17.0 Å². The molecule has 0 radical (unpaired) electrons. The van der Waals surface area contributed by atoms with Gasteiger partial charge in [-0.05, 0) is 43.0 Å². The molecule has 1 aliphatic rings. The van der Waals surface area contributed by atoms with Crippen LogP contribution in [0.3, 0.4) is 0 Å². The lowest BCUT2D eigenvalue weighted by molar-refractivity contribution is 0.541. The van der Waals surface area contributed by atoms with Gasteiger partial charge in [-0.2, -0.15) is 0 Å². The Morgan fingerprint density at radius 2 is 1.91 bits per heavy atom. The number of nitrogens with two attached hydrogens (primary N) is 2. The molecule has 2 aromatic heterocycles. The number of benzene rings is 2. The van der Waals surface area contributed by atoms with Crippen LogP contribution in [-0.2, 0) is 15.6 Å². The molecule has 4 N–H and O–H groups in total. The number of oxazole rings is 1. The average Bonchev–Trinajstić information content (AvgIpc) is 3.51. The highest BCUT2D eigenvalue weighted by molar-refractivity contribution is 7.90. The second-order valence-corrected chi connectivity index (χ2v) is 10.7. The first kappa shape index (κ1) is 22.5. The first-order valence-electron chi connectivity index (χ1n) is 10.7. The SMILES string of the molecule is Cc1c(-c2cc(F)c(N)cc2F)ccc2c3oc(CS(=O)(=O)CCN)nc3c(=O)n(C3CC3)c12. The average molecular weight is 489 g/mol. The van der Waals surface area contributed by atoms with Gasteiger partial charge in [-0.3, -0.25) is 4.79 Å². The lowest BCUT2D eigenvalue weighted by Gasteiger charge is -2.16. The Balaban J connectivity index is 1.79. The Bertz CT molecular complexity index is 1640. The second kappa shape index (κ2) is 7.88. The molecule has 11 heteroatoms. The number of pyridine rings is 1. The predicted octanol–water partition coefficient (Wildman–Crippen LogP) is 3.19. The number of fused-ring (bicyclic) bond motifs is 3. The molecular weight excluding hydrogens is 466 g/mol. The summed E-state index contributed by atoms with van der Waals surface area (Å²) in [7, 11) is -3.55. The summed E-state index contributed by atoms with van der Waals surface area (Å²) < 4.78 is 60.6. The van der Waals surface area contributed by atoms with Crippen LogP contribution in [-0.4, -0.2) is 30.3 Å². The van der Waals surface area contributed by atoms with Crippen molar-refractivity contribution >= 4 is 37.5 Å². The predicted molar refractivity (Wildman–Crippen MR) is 125 cm³/mol. The minimum atomic E-state index is -3.55. The van der Waals surface area contributed by atoms with Crippen molar-refractivity contribution in [2.45, 2.75) is 31.6 Å². The van der Waals surface area contributed by atoms with E-state index in [9.17, 15) is 22.0 Å². The number of hydrogen-bond acceptors (Lipinski definition) is 7. The van der Waals surface area contributed by atoms with E-state index in [4.69, 9.17) is 15.9 Å². The molecule has 2 heterocycles. The smallest absolute Gasteiger partial charge is 0.281 e. The number of anilines is 1. The molecule has 0 atom stereocenters.